The maximum atomic E-state index is 12.4. The third-order valence-electron chi connectivity index (χ3n) is 3.92. The highest BCUT2D eigenvalue weighted by Gasteiger charge is 2.16. The molecule has 0 saturated heterocycles. The number of nitrogens with zero attached hydrogens (tertiary/aromatic N) is 2. The monoisotopic (exact) mass is 358 g/mol. The average Bonchev–Trinajstić information content (AvgIpc) is 3.17. The molecular weight excluding hydrogens is 344 g/mol. The molecule has 0 aliphatic carbocycles. The molecule has 0 atom stereocenters. The van der Waals surface area contributed by atoms with Gasteiger partial charge in [0.1, 0.15) is 5.82 Å². The molecule has 0 unspecified atom stereocenters. The van der Waals surface area contributed by atoms with Crippen LogP contribution in [0.25, 0.3) is 0 Å². The van der Waals surface area contributed by atoms with Gasteiger partial charge in [0.05, 0.1) is 23.5 Å². The van der Waals surface area contributed by atoms with Gasteiger partial charge in [-0.05, 0) is 48.5 Å². The molecule has 0 spiro atoms. The summed E-state index contributed by atoms with van der Waals surface area (Å²) >= 11 is 0. The van der Waals surface area contributed by atoms with Gasteiger partial charge >= 0.3 is 0 Å². The summed E-state index contributed by atoms with van der Waals surface area (Å²) in [6.07, 6.45) is 1.61. The number of anilines is 3. The van der Waals surface area contributed by atoms with E-state index in [1.807, 2.05) is 6.07 Å². The van der Waals surface area contributed by atoms with Crippen molar-refractivity contribution in [2.24, 2.45) is 0 Å². The minimum atomic E-state index is -0.289. The number of ether oxygens (including phenoxy) is 2. The van der Waals surface area contributed by atoms with E-state index in [4.69, 9.17) is 14.7 Å². The second-order valence-electron chi connectivity index (χ2n) is 5.77. The third-order valence-corrected chi connectivity index (χ3v) is 3.92. The van der Waals surface area contributed by atoms with Crippen LogP contribution in [0.15, 0.2) is 60.8 Å². The highest BCUT2D eigenvalue weighted by molar-refractivity contribution is 6.04. The van der Waals surface area contributed by atoms with Crippen molar-refractivity contribution in [3.05, 3.63) is 71.9 Å². The van der Waals surface area contributed by atoms with Gasteiger partial charge in [-0.3, -0.25) is 4.79 Å². The molecule has 4 rings (SSSR count). The first-order chi connectivity index (χ1) is 13.2. The van der Waals surface area contributed by atoms with Crippen molar-refractivity contribution in [1.29, 1.82) is 5.26 Å². The standard InChI is InChI=1S/C20H14N4O3/c21-10-13-2-1-3-15(8-13)23-16-5-7-19(22-11-16)24-20(25)14-4-6-17-18(9-14)27-12-26-17/h1-9,11,23H,12H2,(H,22,24,25). The number of carbonyl (C=O) groups is 1. The summed E-state index contributed by atoms with van der Waals surface area (Å²) in [5, 5.41) is 14.9. The van der Waals surface area contributed by atoms with Crippen LogP contribution in [0.5, 0.6) is 11.5 Å². The molecule has 7 nitrogen and oxygen atoms in total. The van der Waals surface area contributed by atoms with Crippen molar-refractivity contribution in [2.75, 3.05) is 17.4 Å². The molecule has 2 aromatic carbocycles. The Hall–Kier alpha value is -4.05. The van der Waals surface area contributed by atoms with Crippen LogP contribution in [0, 0.1) is 11.3 Å². The van der Waals surface area contributed by atoms with E-state index in [1.54, 1.807) is 54.7 Å². The summed E-state index contributed by atoms with van der Waals surface area (Å²) in [4.78, 5) is 16.6. The Morgan fingerprint density at radius 2 is 1.93 bits per heavy atom. The molecular formula is C20H14N4O3. The Morgan fingerprint density at radius 1 is 1.04 bits per heavy atom. The number of hydrogen-bond acceptors (Lipinski definition) is 6. The van der Waals surface area contributed by atoms with E-state index in [0.717, 1.165) is 11.4 Å². The summed E-state index contributed by atoms with van der Waals surface area (Å²) in [6, 6.07) is 17.7. The zero-order valence-corrected chi connectivity index (χ0v) is 14.1. The maximum absolute atomic E-state index is 12.4. The molecule has 0 bridgehead atoms. The summed E-state index contributed by atoms with van der Waals surface area (Å²) in [7, 11) is 0. The van der Waals surface area contributed by atoms with Crippen molar-refractivity contribution in [3.63, 3.8) is 0 Å². The fraction of sp³-hybridized carbons (Fsp3) is 0.0500. The quantitative estimate of drug-likeness (QED) is 0.738. The van der Waals surface area contributed by atoms with Crippen LogP contribution < -0.4 is 20.1 Å². The number of hydrogen-bond donors (Lipinski definition) is 2. The zero-order valence-electron chi connectivity index (χ0n) is 14.1. The molecule has 7 heteroatoms. The molecule has 1 aliphatic rings. The van der Waals surface area contributed by atoms with Crippen LogP contribution in [0.1, 0.15) is 15.9 Å². The topological polar surface area (TPSA) is 96.3 Å². The minimum absolute atomic E-state index is 0.160. The van der Waals surface area contributed by atoms with Crippen molar-refractivity contribution in [3.8, 4) is 17.6 Å². The molecule has 1 aliphatic heterocycles. The van der Waals surface area contributed by atoms with Gasteiger partial charge in [0.2, 0.25) is 6.79 Å². The summed E-state index contributed by atoms with van der Waals surface area (Å²) in [5.41, 5.74) is 2.55. The van der Waals surface area contributed by atoms with Gasteiger partial charge in [-0.1, -0.05) is 6.07 Å². The second kappa shape index (κ2) is 7.06. The predicted molar refractivity (Wildman–Crippen MR) is 99.2 cm³/mol. The zero-order chi connectivity index (χ0) is 18.6. The van der Waals surface area contributed by atoms with E-state index >= 15 is 0 Å². The van der Waals surface area contributed by atoms with Crippen LogP contribution in [0.4, 0.5) is 17.2 Å². The average molecular weight is 358 g/mol. The van der Waals surface area contributed by atoms with E-state index in [2.05, 4.69) is 21.7 Å². The van der Waals surface area contributed by atoms with Crippen LogP contribution in [-0.4, -0.2) is 17.7 Å². The predicted octanol–water partition coefficient (Wildman–Crippen LogP) is 3.68. The minimum Gasteiger partial charge on any atom is -0.454 e. The van der Waals surface area contributed by atoms with E-state index in [1.165, 1.54) is 0 Å². The summed E-state index contributed by atoms with van der Waals surface area (Å²) in [6.45, 7) is 0.160. The first-order valence-corrected chi connectivity index (χ1v) is 8.15. The molecule has 2 N–H and O–H groups in total. The van der Waals surface area contributed by atoms with Gasteiger partial charge in [-0.25, -0.2) is 4.98 Å². The van der Waals surface area contributed by atoms with Gasteiger partial charge in [-0.15, -0.1) is 0 Å². The number of carbonyl (C=O) groups excluding carboxylic acids is 1. The lowest BCUT2D eigenvalue weighted by Gasteiger charge is -2.08. The van der Waals surface area contributed by atoms with E-state index in [-0.39, 0.29) is 12.7 Å². The highest BCUT2D eigenvalue weighted by atomic mass is 16.7. The molecule has 0 saturated carbocycles. The molecule has 0 radical (unpaired) electrons. The number of rotatable bonds is 4. The highest BCUT2D eigenvalue weighted by Crippen LogP contribution is 2.32. The number of fused-ring (bicyclic) bond motifs is 1. The van der Waals surface area contributed by atoms with Crippen molar-refractivity contribution in [2.45, 2.75) is 0 Å². The van der Waals surface area contributed by atoms with Crippen LogP contribution in [0.2, 0.25) is 0 Å². The van der Waals surface area contributed by atoms with Crippen LogP contribution in [-0.2, 0) is 0 Å². The number of pyridine rings is 1. The van der Waals surface area contributed by atoms with Gasteiger partial charge in [0.15, 0.2) is 11.5 Å². The van der Waals surface area contributed by atoms with Crippen molar-refractivity contribution in [1.82, 2.24) is 4.98 Å². The van der Waals surface area contributed by atoms with Gasteiger partial charge in [-0.2, -0.15) is 5.26 Å². The fourth-order valence-corrected chi connectivity index (χ4v) is 2.60. The SMILES string of the molecule is N#Cc1cccc(Nc2ccc(NC(=O)c3ccc4c(c3)OCO4)nc2)c1. The smallest absolute Gasteiger partial charge is 0.256 e. The van der Waals surface area contributed by atoms with Gasteiger partial charge in [0.25, 0.3) is 5.91 Å². The molecule has 3 aromatic rings. The van der Waals surface area contributed by atoms with Gasteiger partial charge < -0.3 is 20.1 Å². The Bertz CT molecular complexity index is 1040. The molecule has 2 heterocycles. The van der Waals surface area contributed by atoms with E-state index in [9.17, 15) is 4.79 Å². The van der Waals surface area contributed by atoms with E-state index < -0.39 is 0 Å². The Kier molecular flexibility index (Phi) is 4.29. The Morgan fingerprint density at radius 3 is 2.74 bits per heavy atom. The lowest BCUT2D eigenvalue weighted by Crippen LogP contribution is -2.12. The number of amides is 1. The number of benzene rings is 2. The normalized spacial score (nSPS) is 11.5. The number of nitriles is 1. The lowest BCUT2D eigenvalue weighted by molar-refractivity contribution is 0.102. The number of aromatic nitrogens is 1. The van der Waals surface area contributed by atoms with Crippen LogP contribution >= 0.6 is 0 Å². The molecule has 1 amide bonds. The third kappa shape index (κ3) is 3.65. The van der Waals surface area contributed by atoms with Crippen molar-refractivity contribution >= 4 is 23.1 Å². The summed E-state index contributed by atoms with van der Waals surface area (Å²) < 4.78 is 10.5. The lowest BCUT2D eigenvalue weighted by atomic mass is 10.2. The molecule has 1 aromatic heterocycles. The fourth-order valence-electron chi connectivity index (χ4n) is 2.60. The molecule has 0 fully saturated rings. The largest absolute Gasteiger partial charge is 0.454 e. The Labute approximate surface area is 155 Å². The first-order valence-electron chi connectivity index (χ1n) is 8.15. The maximum Gasteiger partial charge on any atom is 0.256 e. The van der Waals surface area contributed by atoms with E-state index in [0.29, 0.717) is 28.4 Å². The first kappa shape index (κ1) is 16.4. The number of nitrogens with one attached hydrogen (secondary N) is 2. The van der Waals surface area contributed by atoms with Crippen LogP contribution in [0.3, 0.4) is 0 Å². The van der Waals surface area contributed by atoms with Crippen molar-refractivity contribution < 1.29 is 14.3 Å². The van der Waals surface area contributed by atoms with Gasteiger partial charge in [0, 0.05) is 11.3 Å². The molecule has 27 heavy (non-hydrogen) atoms. The Balaban J connectivity index is 1.43. The second-order valence-corrected chi connectivity index (χ2v) is 5.77. The molecule has 132 valence electrons. The summed E-state index contributed by atoms with van der Waals surface area (Å²) in [5.74, 6) is 1.31.